The molecular formula is C50H62ClIN2Ru-. The summed E-state index contributed by atoms with van der Waals surface area (Å²) in [6.07, 6.45) is 9.66. The van der Waals surface area contributed by atoms with E-state index in [1.807, 2.05) is 0 Å². The van der Waals surface area contributed by atoms with Crippen LogP contribution in [0.5, 0.6) is 0 Å². The van der Waals surface area contributed by atoms with Gasteiger partial charge in [-0.05, 0) is 68.7 Å². The van der Waals surface area contributed by atoms with Gasteiger partial charge in [-0.25, -0.2) is 6.54 Å². The van der Waals surface area contributed by atoms with E-state index in [4.69, 9.17) is 9.69 Å². The molecule has 4 aromatic rings. The van der Waals surface area contributed by atoms with E-state index in [2.05, 4.69) is 187 Å². The van der Waals surface area contributed by atoms with Crippen molar-refractivity contribution in [3.63, 3.8) is 0 Å². The Morgan fingerprint density at radius 3 is 2.05 bits per heavy atom. The van der Waals surface area contributed by atoms with Crippen molar-refractivity contribution in [2.24, 2.45) is 17.3 Å². The zero-order valence-electron chi connectivity index (χ0n) is 34.3. The zero-order valence-corrected chi connectivity index (χ0v) is 38.9. The second-order valence-corrected chi connectivity index (χ2v) is 19.4. The van der Waals surface area contributed by atoms with Crippen LogP contribution in [0.25, 0.3) is 0 Å². The van der Waals surface area contributed by atoms with Crippen molar-refractivity contribution in [1.82, 2.24) is 4.90 Å². The van der Waals surface area contributed by atoms with E-state index >= 15 is 0 Å². The topological polar surface area (TPSA) is 7.68 Å². The predicted octanol–water partition coefficient (Wildman–Crippen LogP) is 8.22. The van der Waals surface area contributed by atoms with Gasteiger partial charge in [-0.3, -0.25) is 0 Å². The maximum absolute atomic E-state index is 6.03. The average molecular weight is 954 g/mol. The minimum Gasteiger partial charge on any atom is -1.00 e. The molecular weight excluding hydrogens is 892 g/mol. The fraction of sp³-hybridized carbons (Fsp3) is 0.400. The average Bonchev–Trinajstić information content (AvgIpc) is 3.63. The van der Waals surface area contributed by atoms with Crippen LogP contribution in [0.15, 0.2) is 127 Å². The summed E-state index contributed by atoms with van der Waals surface area (Å²) < 4.78 is 2.19. The molecule has 0 amide bonds. The molecule has 3 aliphatic rings. The number of aryl methyl sites for hydroxylation is 2. The number of benzene rings is 4. The number of nitrogens with zero attached hydrogens (tertiary/aromatic N) is 1. The SMILES string of the molecule is Cc1ccc2c(c1)C1([CH-]N(C3=C(C(C)C)C=CCC3(C)C(C)C)C(C)(C)C1)CC2.[Cl][Ru]=[CH]c1ccccc1C[NH+](Cc1ccccc1)Cc1ccccc1.[I-]. The van der Waals surface area contributed by atoms with Crippen molar-refractivity contribution in [3.05, 3.63) is 172 Å². The Morgan fingerprint density at radius 2 is 1.45 bits per heavy atom. The molecule has 1 fully saturated rings. The van der Waals surface area contributed by atoms with Gasteiger partial charge < -0.3 is 28.9 Å². The number of quaternary nitrogens is 1. The molecule has 1 N–H and O–H groups in total. The van der Waals surface area contributed by atoms with Gasteiger partial charge in [0.15, 0.2) is 0 Å². The van der Waals surface area contributed by atoms with Crippen LogP contribution in [0.2, 0.25) is 0 Å². The molecule has 2 aliphatic carbocycles. The van der Waals surface area contributed by atoms with E-state index < -0.39 is 0 Å². The fourth-order valence-electron chi connectivity index (χ4n) is 9.26. The number of fused-ring (bicyclic) bond motifs is 2. The second-order valence-electron chi connectivity index (χ2n) is 17.6. The molecule has 1 spiro atoms. The summed E-state index contributed by atoms with van der Waals surface area (Å²) in [5, 5.41) is 0. The minimum atomic E-state index is -0.207. The van der Waals surface area contributed by atoms with Crippen molar-refractivity contribution in [2.75, 3.05) is 0 Å². The summed E-state index contributed by atoms with van der Waals surface area (Å²) in [5.41, 5.74) is 13.6. The summed E-state index contributed by atoms with van der Waals surface area (Å²) >= 11 is -0.207. The van der Waals surface area contributed by atoms with Crippen LogP contribution in [-0.2, 0) is 47.2 Å². The van der Waals surface area contributed by atoms with Crippen molar-refractivity contribution in [3.8, 4) is 0 Å². The molecule has 2 atom stereocenters. The summed E-state index contributed by atoms with van der Waals surface area (Å²) in [6, 6.07) is 37.3. The van der Waals surface area contributed by atoms with E-state index in [1.165, 1.54) is 57.6 Å². The van der Waals surface area contributed by atoms with Crippen LogP contribution in [0.4, 0.5) is 0 Å². The number of nitrogens with one attached hydrogen (secondary N) is 1. The van der Waals surface area contributed by atoms with E-state index in [0.29, 0.717) is 11.8 Å². The number of rotatable bonds is 10. The number of halogens is 2. The van der Waals surface area contributed by atoms with Crippen molar-refractivity contribution in [1.29, 1.82) is 0 Å². The van der Waals surface area contributed by atoms with Gasteiger partial charge in [-0.1, -0.05) is 82.5 Å². The molecule has 1 saturated heterocycles. The second kappa shape index (κ2) is 18.9. The molecule has 55 heavy (non-hydrogen) atoms. The third kappa shape index (κ3) is 10.0. The van der Waals surface area contributed by atoms with E-state index in [9.17, 15) is 0 Å². The van der Waals surface area contributed by atoms with E-state index in [1.54, 1.807) is 16.8 Å². The molecule has 2 nitrogen and oxygen atoms in total. The molecule has 0 radical (unpaired) electrons. The van der Waals surface area contributed by atoms with Crippen molar-refractivity contribution in [2.45, 2.75) is 112 Å². The standard InChI is InChI=1S/C28H40N.C22H21N.ClH.HI.Ru/c1-19(2)23-10-9-14-27(8,20(3)4)25(23)29-18-28(17-26(29,6)7)15-13-22-12-11-21(5)16-24(22)28;1-19-10-8-9-15-22(19)18-23(16-20-11-4-2-5-12-20)17-21-13-6-3-7-14-21;;;/h9-12,16,18-20H,13-15,17H2,1-8H3;1-15H,16-18H2;2*1H;/q-1;;;;+1/p-1. The third-order valence-electron chi connectivity index (χ3n) is 12.4. The smallest absolute Gasteiger partial charge is 1.00 e. The van der Waals surface area contributed by atoms with Crippen molar-refractivity contribution < 1.29 is 44.6 Å². The summed E-state index contributed by atoms with van der Waals surface area (Å²) in [5.74, 6) is 1.15. The number of hydrogen-bond acceptors (Lipinski definition) is 1. The van der Waals surface area contributed by atoms with Crippen LogP contribution in [-0.4, -0.2) is 15.0 Å². The van der Waals surface area contributed by atoms with E-state index in [0.717, 1.165) is 26.1 Å². The first-order valence-corrected chi connectivity index (χ1v) is 23.3. The van der Waals surface area contributed by atoms with E-state index in [-0.39, 0.29) is 56.0 Å². The van der Waals surface area contributed by atoms with Gasteiger partial charge in [0.25, 0.3) is 0 Å². The molecule has 0 bridgehead atoms. The first kappa shape index (κ1) is 43.7. The van der Waals surface area contributed by atoms with Crippen LogP contribution >= 0.6 is 9.69 Å². The Kier molecular flexibility index (Phi) is 15.1. The Bertz CT molecular complexity index is 1920. The van der Waals surface area contributed by atoms with Gasteiger partial charge in [0, 0.05) is 11.0 Å². The zero-order chi connectivity index (χ0) is 38.5. The van der Waals surface area contributed by atoms with Crippen LogP contribution in [0, 0.1) is 30.7 Å². The number of likely N-dealkylation sites (tertiary alicyclic amines) is 1. The summed E-state index contributed by atoms with van der Waals surface area (Å²) in [4.78, 5) is 4.27. The maximum atomic E-state index is 6.03. The van der Waals surface area contributed by atoms with Crippen LogP contribution < -0.4 is 28.9 Å². The van der Waals surface area contributed by atoms with Gasteiger partial charge in [0.2, 0.25) is 0 Å². The molecule has 5 heteroatoms. The Labute approximate surface area is 362 Å². The number of allylic oxidation sites excluding steroid dienone is 4. The van der Waals surface area contributed by atoms with Gasteiger partial charge in [0.1, 0.15) is 0 Å². The minimum absolute atomic E-state index is 0. The Hall–Kier alpha value is -2.37. The summed E-state index contributed by atoms with van der Waals surface area (Å²) in [6.45, 7) is 24.9. The Balaban J connectivity index is 0.000000210. The van der Waals surface area contributed by atoms with Crippen molar-refractivity contribution >= 4 is 14.3 Å². The Morgan fingerprint density at radius 1 is 0.836 bits per heavy atom. The third-order valence-corrected chi connectivity index (χ3v) is 13.6. The quantitative estimate of drug-likeness (QED) is 0.0958. The molecule has 0 saturated carbocycles. The van der Waals surface area contributed by atoms with Gasteiger partial charge >= 0.3 is 162 Å². The molecule has 4 aromatic carbocycles. The molecule has 1 aliphatic heterocycles. The normalized spacial score (nSPS) is 21.6. The molecule has 0 aromatic heterocycles. The first-order valence-electron chi connectivity index (χ1n) is 20.1. The number of hydrogen-bond donors (Lipinski definition) is 1. The van der Waals surface area contributed by atoms with Crippen LogP contribution in [0.1, 0.15) is 107 Å². The predicted molar refractivity (Wildman–Crippen MR) is 227 cm³/mol. The maximum Gasteiger partial charge on any atom is -1.00 e. The first-order chi connectivity index (χ1) is 25.8. The summed E-state index contributed by atoms with van der Waals surface area (Å²) in [7, 11) is 6.03. The molecule has 2 unspecified atom stereocenters. The molecule has 1 heterocycles. The molecule has 7 rings (SSSR count). The van der Waals surface area contributed by atoms with Gasteiger partial charge in [0.05, 0.1) is 0 Å². The monoisotopic (exact) mass is 954 g/mol. The largest absolute Gasteiger partial charge is 1.00 e. The van der Waals surface area contributed by atoms with Crippen LogP contribution in [0.3, 0.4) is 0 Å². The molecule has 295 valence electrons. The fourth-order valence-corrected chi connectivity index (χ4v) is 10.4. The van der Waals surface area contributed by atoms with Gasteiger partial charge in [-0.15, -0.1) is 5.41 Å². The van der Waals surface area contributed by atoms with Gasteiger partial charge in [-0.2, -0.15) is 0 Å².